The first-order valence-corrected chi connectivity index (χ1v) is 8.54. The van der Waals surface area contributed by atoms with Crippen molar-refractivity contribution in [3.63, 3.8) is 0 Å². The topological polar surface area (TPSA) is 72.5 Å². The lowest BCUT2D eigenvalue weighted by molar-refractivity contribution is -0.146. The minimum Gasteiger partial charge on any atom is -0.454 e. The smallest absolute Gasteiger partial charge is 0.308 e. The van der Waals surface area contributed by atoms with Gasteiger partial charge in [-0.1, -0.05) is 17.7 Å². The number of carbonyl (C=O) groups excluding carboxylic acids is 3. The molecule has 126 valence electrons. The summed E-state index contributed by atoms with van der Waals surface area (Å²) in [4.78, 5) is 36.2. The van der Waals surface area contributed by atoms with Gasteiger partial charge in [0.15, 0.2) is 6.10 Å². The largest absolute Gasteiger partial charge is 0.454 e. The molecule has 2 aromatic rings. The van der Waals surface area contributed by atoms with Gasteiger partial charge in [-0.25, -0.2) is 0 Å². The number of benzene rings is 1. The standard InChI is InChI=1S/C17H16ClNO4S/c1-11(16(21)12-4-6-13(18)7-5-12)23-15(20)8-9-19-17(22)14-3-2-10-24-14/h2-7,10-11H,8-9H2,1H3,(H,19,22). The number of hydrogen-bond acceptors (Lipinski definition) is 5. The molecule has 0 radical (unpaired) electrons. The summed E-state index contributed by atoms with van der Waals surface area (Å²) in [5.74, 6) is -1.08. The van der Waals surface area contributed by atoms with Crippen LogP contribution in [-0.2, 0) is 9.53 Å². The Bertz CT molecular complexity index is 713. The first-order chi connectivity index (χ1) is 11.5. The molecule has 1 atom stereocenters. The van der Waals surface area contributed by atoms with Gasteiger partial charge in [0.2, 0.25) is 5.78 Å². The minimum atomic E-state index is -0.897. The molecule has 0 bridgehead atoms. The van der Waals surface area contributed by atoms with Crippen LogP contribution in [-0.4, -0.2) is 30.3 Å². The van der Waals surface area contributed by atoms with Gasteiger partial charge in [0.25, 0.3) is 5.91 Å². The number of amides is 1. The molecule has 0 saturated carbocycles. The predicted molar refractivity (Wildman–Crippen MR) is 92.6 cm³/mol. The van der Waals surface area contributed by atoms with Gasteiger partial charge in [-0.3, -0.25) is 14.4 Å². The normalized spacial score (nSPS) is 11.6. The number of rotatable bonds is 7. The quantitative estimate of drug-likeness (QED) is 0.603. The molecule has 5 nitrogen and oxygen atoms in total. The lowest BCUT2D eigenvalue weighted by Gasteiger charge is -2.12. The molecule has 0 aliphatic carbocycles. The second-order valence-corrected chi connectivity index (χ2v) is 6.37. The van der Waals surface area contributed by atoms with Crippen LogP contribution in [0.4, 0.5) is 0 Å². The van der Waals surface area contributed by atoms with Crippen molar-refractivity contribution in [2.45, 2.75) is 19.4 Å². The number of nitrogens with one attached hydrogen (secondary N) is 1. The summed E-state index contributed by atoms with van der Waals surface area (Å²) in [5.41, 5.74) is 0.422. The summed E-state index contributed by atoms with van der Waals surface area (Å²) in [5, 5.41) is 4.95. The highest BCUT2D eigenvalue weighted by molar-refractivity contribution is 7.12. The van der Waals surface area contributed by atoms with E-state index in [-0.39, 0.29) is 24.7 Å². The highest BCUT2D eigenvalue weighted by Gasteiger charge is 2.19. The Balaban J connectivity index is 1.76. The van der Waals surface area contributed by atoms with E-state index in [2.05, 4.69) is 5.32 Å². The van der Waals surface area contributed by atoms with Crippen LogP contribution in [0.5, 0.6) is 0 Å². The maximum absolute atomic E-state index is 12.1. The van der Waals surface area contributed by atoms with Crippen LogP contribution in [0.15, 0.2) is 41.8 Å². The van der Waals surface area contributed by atoms with Crippen molar-refractivity contribution in [1.82, 2.24) is 5.32 Å². The third-order valence-electron chi connectivity index (χ3n) is 3.17. The van der Waals surface area contributed by atoms with Crippen LogP contribution in [0.3, 0.4) is 0 Å². The summed E-state index contributed by atoms with van der Waals surface area (Å²) in [6.45, 7) is 1.66. The Morgan fingerprint density at radius 1 is 1.21 bits per heavy atom. The molecule has 0 aliphatic heterocycles. The molecule has 0 fully saturated rings. The molecule has 0 spiro atoms. The molecular weight excluding hydrogens is 350 g/mol. The monoisotopic (exact) mass is 365 g/mol. The fourth-order valence-electron chi connectivity index (χ4n) is 1.93. The van der Waals surface area contributed by atoms with E-state index in [4.69, 9.17) is 16.3 Å². The van der Waals surface area contributed by atoms with E-state index in [0.29, 0.717) is 15.5 Å². The maximum Gasteiger partial charge on any atom is 0.308 e. The molecule has 1 amide bonds. The fraction of sp³-hybridized carbons (Fsp3) is 0.235. The van der Waals surface area contributed by atoms with Crippen LogP contribution in [0, 0.1) is 0 Å². The van der Waals surface area contributed by atoms with Crippen molar-refractivity contribution in [2.75, 3.05) is 6.54 Å². The van der Waals surface area contributed by atoms with Crippen molar-refractivity contribution in [1.29, 1.82) is 0 Å². The second kappa shape index (κ2) is 8.61. The Morgan fingerprint density at radius 2 is 1.92 bits per heavy atom. The zero-order valence-corrected chi connectivity index (χ0v) is 14.5. The van der Waals surface area contributed by atoms with Crippen LogP contribution in [0.2, 0.25) is 5.02 Å². The van der Waals surface area contributed by atoms with E-state index in [1.54, 1.807) is 41.8 Å². The van der Waals surface area contributed by atoms with Crippen molar-refractivity contribution < 1.29 is 19.1 Å². The van der Waals surface area contributed by atoms with Crippen molar-refractivity contribution in [2.24, 2.45) is 0 Å². The van der Waals surface area contributed by atoms with Crippen molar-refractivity contribution in [3.8, 4) is 0 Å². The maximum atomic E-state index is 12.1. The molecule has 0 aliphatic rings. The zero-order chi connectivity index (χ0) is 17.5. The van der Waals surface area contributed by atoms with E-state index in [0.717, 1.165) is 0 Å². The number of hydrogen-bond donors (Lipinski definition) is 1. The highest BCUT2D eigenvalue weighted by atomic mass is 35.5. The molecule has 1 unspecified atom stereocenters. The Morgan fingerprint density at radius 3 is 2.54 bits per heavy atom. The van der Waals surface area contributed by atoms with Gasteiger partial charge in [-0.2, -0.15) is 0 Å². The number of carbonyl (C=O) groups is 3. The van der Waals surface area contributed by atoms with Crippen LogP contribution < -0.4 is 5.32 Å². The van der Waals surface area contributed by atoms with Gasteiger partial charge in [0.05, 0.1) is 11.3 Å². The van der Waals surface area contributed by atoms with Gasteiger partial charge in [0.1, 0.15) is 0 Å². The number of esters is 1. The molecule has 1 aromatic heterocycles. The number of halogens is 1. The van der Waals surface area contributed by atoms with Crippen LogP contribution in [0.25, 0.3) is 0 Å². The molecular formula is C17H16ClNO4S. The van der Waals surface area contributed by atoms with Crippen LogP contribution in [0.1, 0.15) is 33.4 Å². The number of ketones is 1. The van der Waals surface area contributed by atoms with Gasteiger partial charge in [0, 0.05) is 17.1 Å². The highest BCUT2D eigenvalue weighted by Crippen LogP contribution is 2.12. The van der Waals surface area contributed by atoms with Gasteiger partial charge in [-0.05, 0) is 42.6 Å². The van der Waals surface area contributed by atoms with E-state index >= 15 is 0 Å². The summed E-state index contributed by atoms with van der Waals surface area (Å²) in [6.07, 6.45) is -0.901. The lowest BCUT2D eigenvalue weighted by Crippen LogP contribution is -2.29. The number of thiophene rings is 1. The fourth-order valence-corrected chi connectivity index (χ4v) is 2.70. The Hall–Kier alpha value is -2.18. The summed E-state index contributed by atoms with van der Waals surface area (Å²) < 4.78 is 5.10. The molecule has 7 heteroatoms. The van der Waals surface area contributed by atoms with E-state index in [9.17, 15) is 14.4 Å². The second-order valence-electron chi connectivity index (χ2n) is 4.99. The third kappa shape index (κ3) is 5.18. The van der Waals surface area contributed by atoms with Gasteiger partial charge >= 0.3 is 5.97 Å². The van der Waals surface area contributed by atoms with Gasteiger partial charge in [-0.15, -0.1) is 11.3 Å². The summed E-state index contributed by atoms with van der Waals surface area (Å²) >= 11 is 7.09. The third-order valence-corrected chi connectivity index (χ3v) is 4.29. The van der Waals surface area contributed by atoms with Crippen LogP contribution >= 0.6 is 22.9 Å². The average molecular weight is 366 g/mol. The average Bonchev–Trinajstić information content (AvgIpc) is 3.09. The molecule has 1 aromatic carbocycles. The molecule has 0 saturated heterocycles. The van der Waals surface area contributed by atoms with Gasteiger partial charge < -0.3 is 10.1 Å². The molecule has 2 rings (SSSR count). The minimum absolute atomic E-state index is 0.00461. The first kappa shape index (κ1) is 18.2. The molecule has 1 heterocycles. The SMILES string of the molecule is CC(OC(=O)CCNC(=O)c1cccs1)C(=O)c1ccc(Cl)cc1. The van der Waals surface area contributed by atoms with E-state index in [1.165, 1.54) is 18.3 Å². The van der Waals surface area contributed by atoms with Crippen molar-refractivity contribution >= 4 is 40.6 Å². The molecule has 24 heavy (non-hydrogen) atoms. The van der Waals surface area contributed by atoms with E-state index in [1.807, 2.05) is 0 Å². The Kier molecular flexibility index (Phi) is 6.52. The summed E-state index contributed by atoms with van der Waals surface area (Å²) in [6, 6.07) is 9.84. The Labute approximate surface area is 148 Å². The van der Waals surface area contributed by atoms with Crippen molar-refractivity contribution in [3.05, 3.63) is 57.2 Å². The van der Waals surface area contributed by atoms with E-state index < -0.39 is 12.1 Å². The summed E-state index contributed by atoms with van der Waals surface area (Å²) in [7, 11) is 0. The number of Topliss-reactive ketones (excluding diaryl/α,β-unsaturated/α-hetero) is 1. The lowest BCUT2D eigenvalue weighted by atomic mass is 10.1. The predicted octanol–water partition coefficient (Wildman–Crippen LogP) is 3.34. The number of ether oxygens (including phenoxy) is 1. The molecule has 1 N–H and O–H groups in total. The first-order valence-electron chi connectivity index (χ1n) is 7.28. The zero-order valence-electron chi connectivity index (χ0n) is 13.0.